The molecular weight excluding hydrogens is 192 g/mol. The van der Waals surface area contributed by atoms with E-state index in [2.05, 4.69) is 0 Å². The second kappa shape index (κ2) is 6.83. The summed E-state index contributed by atoms with van der Waals surface area (Å²) in [4.78, 5) is 11.2. The number of carbonyl (C=O) groups excluding carboxylic acids is 1. The van der Waals surface area contributed by atoms with Crippen molar-refractivity contribution in [2.24, 2.45) is 0 Å². The molecule has 0 amide bonds. The van der Waals surface area contributed by atoms with E-state index in [4.69, 9.17) is 9.47 Å². The van der Waals surface area contributed by atoms with Crippen LogP contribution >= 0.6 is 0 Å². The van der Waals surface area contributed by atoms with Gasteiger partial charge in [0, 0.05) is 0 Å². The van der Waals surface area contributed by atoms with E-state index in [-0.39, 0.29) is 24.8 Å². The summed E-state index contributed by atoms with van der Waals surface area (Å²) in [5, 5.41) is 0. The lowest BCUT2D eigenvalue weighted by Crippen LogP contribution is -2.21. The van der Waals surface area contributed by atoms with E-state index in [9.17, 15) is 4.79 Å². The first-order valence-electron chi connectivity index (χ1n) is 5.99. The number of hydrogen-bond donors (Lipinski definition) is 0. The lowest BCUT2D eigenvalue weighted by Gasteiger charge is -2.15. The van der Waals surface area contributed by atoms with Gasteiger partial charge in [-0.3, -0.25) is 0 Å². The zero-order valence-electron chi connectivity index (χ0n) is 9.83. The molecule has 1 fully saturated rings. The predicted octanol–water partition coefficient (Wildman–Crippen LogP) is 2.68. The van der Waals surface area contributed by atoms with Crippen LogP contribution in [-0.4, -0.2) is 24.8 Å². The van der Waals surface area contributed by atoms with Crippen LogP contribution < -0.4 is 0 Å². The van der Waals surface area contributed by atoms with Crippen molar-refractivity contribution in [3.8, 4) is 0 Å². The third kappa shape index (κ3) is 5.78. The van der Waals surface area contributed by atoms with E-state index in [1.807, 2.05) is 13.8 Å². The largest absolute Gasteiger partial charge is 0.461 e. The first-order valence-corrected chi connectivity index (χ1v) is 5.99. The highest BCUT2D eigenvalue weighted by atomic mass is 16.6. The quantitative estimate of drug-likeness (QED) is 0.533. The SMILES string of the molecule is CC(C)OC(=O)COC1CCCCCC1. The fourth-order valence-electron chi connectivity index (χ4n) is 1.89. The third-order valence-electron chi connectivity index (χ3n) is 2.61. The van der Waals surface area contributed by atoms with Gasteiger partial charge in [0.15, 0.2) is 0 Å². The minimum absolute atomic E-state index is 0.0461. The number of esters is 1. The van der Waals surface area contributed by atoms with Crippen molar-refractivity contribution < 1.29 is 14.3 Å². The van der Waals surface area contributed by atoms with Crippen LogP contribution in [0.15, 0.2) is 0 Å². The molecule has 0 aromatic carbocycles. The number of hydrogen-bond acceptors (Lipinski definition) is 3. The van der Waals surface area contributed by atoms with E-state index < -0.39 is 0 Å². The third-order valence-corrected chi connectivity index (χ3v) is 2.61. The molecule has 0 aliphatic heterocycles. The summed E-state index contributed by atoms with van der Waals surface area (Å²) in [5.74, 6) is -0.241. The van der Waals surface area contributed by atoms with Crippen LogP contribution in [0.1, 0.15) is 52.4 Å². The maximum atomic E-state index is 11.2. The smallest absolute Gasteiger partial charge is 0.332 e. The summed E-state index contributed by atoms with van der Waals surface area (Å²) >= 11 is 0. The highest BCUT2D eigenvalue weighted by molar-refractivity contribution is 5.70. The molecular formula is C12H22O3. The Labute approximate surface area is 92.1 Å². The lowest BCUT2D eigenvalue weighted by molar-refractivity contribution is -0.155. The Hall–Kier alpha value is -0.570. The zero-order chi connectivity index (χ0) is 11.1. The van der Waals surface area contributed by atoms with Gasteiger partial charge in [0.05, 0.1) is 12.2 Å². The van der Waals surface area contributed by atoms with Gasteiger partial charge in [-0.15, -0.1) is 0 Å². The van der Waals surface area contributed by atoms with E-state index in [1.165, 1.54) is 25.7 Å². The van der Waals surface area contributed by atoms with Crippen molar-refractivity contribution in [2.45, 2.75) is 64.6 Å². The van der Waals surface area contributed by atoms with Gasteiger partial charge in [-0.25, -0.2) is 4.79 Å². The van der Waals surface area contributed by atoms with Crippen molar-refractivity contribution in [1.82, 2.24) is 0 Å². The zero-order valence-corrected chi connectivity index (χ0v) is 9.83. The Kier molecular flexibility index (Phi) is 5.69. The highest BCUT2D eigenvalue weighted by Gasteiger charge is 2.14. The van der Waals surface area contributed by atoms with E-state index in [0.717, 1.165) is 12.8 Å². The second-order valence-corrected chi connectivity index (χ2v) is 4.46. The van der Waals surface area contributed by atoms with Gasteiger partial charge in [0.1, 0.15) is 6.61 Å². The number of carbonyl (C=O) groups is 1. The van der Waals surface area contributed by atoms with Gasteiger partial charge in [-0.1, -0.05) is 25.7 Å². The average molecular weight is 214 g/mol. The molecule has 0 saturated heterocycles. The van der Waals surface area contributed by atoms with Gasteiger partial charge >= 0.3 is 5.97 Å². The fourth-order valence-corrected chi connectivity index (χ4v) is 1.89. The van der Waals surface area contributed by atoms with Crippen LogP contribution in [0.5, 0.6) is 0 Å². The van der Waals surface area contributed by atoms with Crippen LogP contribution in [0.2, 0.25) is 0 Å². The molecule has 0 heterocycles. The molecule has 0 atom stereocenters. The molecule has 0 aromatic rings. The molecule has 0 N–H and O–H groups in total. The molecule has 0 unspecified atom stereocenters. The van der Waals surface area contributed by atoms with Gasteiger partial charge in [-0.2, -0.15) is 0 Å². The van der Waals surface area contributed by atoms with Crippen LogP contribution in [0.25, 0.3) is 0 Å². The molecule has 1 aliphatic rings. The second-order valence-electron chi connectivity index (χ2n) is 4.46. The van der Waals surface area contributed by atoms with Gasteiger partial charge in [0.25, 0.3) is 0 Å². The maximum Gasteiger partial charge on any atom is 0.332 e. The molecule has 15 heavy (non-hydrogen) atoms. The van der Waals surface area contributed by atoms with Crippen LogP contribution in [0, 0.1) is 0 Å². The van der Waals surface area contributed by atoms with Crippen molar-refractivity contribution >= 4 is 5.97 Å². The average Bonchev–Trinajstić information content (AvgIpc) is 2.41. The predicted molar refractivity (Wildman–Crippen MR) is 58.7 cm³/mol. The summed E-state index contributed by atoms with van der Waals surface area (Å²) in [6, 6.07) is 0. The Balaban J connectivity index is 2.14. The van der Waals surface area contributed by atoms with Crippen LogP contribution in [0.3, 0.4) is 0 Å². The molecule has 3 heteroatoms. The summed E-state index contributed by atoms with van der Waals surface area (Å²) in [5.41, 5.74) is 0. The molecule has 1 rings (SSSR count). The summed E-state index contributed by atoms with van der Waals surface area (Å²) in [7, 11) is 0. The summed E-state index contributed by atoms with van der Waals surface area (Å²) < 4.78 is 10.6. The van der Waals surface area contributed by atoms with E-state index in [0.29, 0.717) is 0 Å². The molecule has 88 valence electrons. The molecule has 3 nitrogen and oxygen atoms in total. The molecule has 0 bridgehead atoms. The first-order chi connectivity index (χ1) is 7.18. The van der Waals surface area contributed by atoms with Gasteiger partial charge in [-0.05, 0) is 26.7 Å². The fraction of sp³-hybridized carbons (Fsp3) is 0.917. The maximum absolute atomic E-state index is 11.2. The Bertz CT molecular complexity index is 181. The van der Waals surface area contributed by atoms with Crippen molar-refractivity contribution in [3.63, 3.8) is 0 Å². The van der Waals surface area contributed by atoms with Crippen LogP contribution in [0.4, 0.5) is 0 Å². The Morgan fingerprint density at radius 1 is 1.20 bits per heavy atom. The van der Waals surface area contributed by atoms with E-state index >= 15 is 0 Å². The molecule has 0 radical (unpaired) electrons. The van der Waals surface area contributed by atoms with Crippen molar-refractivity contribution in [1.29, 1.82) is 0 Å². The minimum Gasteiger partial charge on any atom is -0.461 e. The number of ether oxygens (including phenoxy) is 2. The molecule has 0 aromatic heterocycles. The Morgan fingerprint density at radius 2 is 1.80 bits per heavy atom. The molecule has 1 aliphatic carbocycles. The Morgan fingerprint density at radius 3 is 2.33 bits per heavy atom. The highest BCUT2D eigenvalue weighted by Crippen LogP contribution is 2.19. The van der Waals surface area contributed by atoms with Crippen molar-refractivity contribution in [2.75, 3.05) is 6.61 Å². The topological polar surface area (TPSA) is 35.5 Å². The monoisotopic (exact) mass is 214 g/mol. The summed E-state index contributed by atoms with van der Waals surface area (Å²) in [6.45, 7) is 3.82. The molecule has 1 saturated carbocycles. The van der Waals surface area contributed by atoms with Gasteiger partial charge < -0.3 is 9.47 Å². The normalized spacial score (nSPS) is 18.9. The van der Waals surface area contributed by atoms with Gasteiger partial charge in [0.2, 0.25) is 0 Å². The standard InChI is InChI=1S/C12H22O3/c1-10(2)15-12(13)9-14-11-7-5-3-4-6-8-11/h10-11H,3-9H2,1-2H3. The molecule has 0 spiro atoms. The number of rotatable bonds is 4. The summed E-state index contributed by atoms with van der Waals surface area (Å²) in [6.07, 6.45) is 7.46. The first kappa shape index (κ1) is 12.5. The van der Waals surface area contributed by atoms with E-state index in [1.54, 1.807) is 0 Å². The van der Waals surface area contributed by atoms with Crippen LogP contribution in [-0.2, 0) is 14.3 Å². The van der Waals surface area contributed by atoms with Crippen molar-refractivity contribution in [3.05, 3.63) is 0 Å². The minimum atomic E-state index is -0.241. The lowest BCUT2D eigenvalue weighted by atomic mass is 10.1.